The molecule has 0 radical (unpaired) electrons. The lowest BCUT2D eigenvalue weighted by molar-refractivity contribution is -0.117. The average molecular weight is 488 g/mol. The summed E-state index contributed by atoms with van der Waals surface area (Å²) in [5.41, 5.74) is 6.46. The fourth-order valence-electron chi connectivity index (χ4n) is 5.17. The standard InChI is InChI=1S/C29H29N3O2.ClH/c1-19(33)32-26-12-8-7-11-24(26)30-25-17-22(20-13-15-23(16-14-20)31(2)3)18-27(34)28(25)29(32)21-9-5-4-6-10-21;/h4-16,22,29-30H,17-18H2,1-3H3;1H. The summed E-state index contributed by atoms with van der Waals surface area (Å²) in [6.45, 7) is 1.57. The van der Waals surface area contributed by atoms with Gasteiger partial charge in [-0.15, -0.1) is 12.4 Å². The van der Waals surface area contributed by atoms with Gasteiger partial charge in [0.05, 0.1) is 17.4 Å². The van der Waals surface area contributed by atoms with Crippen LogP contribution in [0, 0.1) is 0 Å². The monoisotopic (exact) mass is 487 g/mol. The van der Waals surface area contributed by atoms with E-state index >= 15 is 0 Å². The van der Waals surface area contributed by atoms with E-state index in [9.17, 15) is 9.59 Å². The maximum absolute atomic E-state index is 13.8. The van der Waals surface area contributed by atoms with Gasteiger partial charge in [0.2, 0.25) is 5.91 Å². The molecule has 2 aliphatic rings. The Hall–Kier alpha value is -3.57. The van der Waals surface area contributed by atoms with E-state index in [2.05, 4.69) is 34.5 Å². The summed E-state index contributed by atoms with van der Waals surface area (Å²) in [6.07, 6.45) is 1.14. The predicted octanol–water partition coefficient (Wildman–Crippen LogP) is 6.09. The highest BCUT2D eigenvalue weighted by Crippen LogP contribution is 2.47. The smallest absolute Gasteiger partial charge is 0.224 e. The number of fused-ring (bicyclic) bond motifs is 1. The molecular weight excluding hydrogens is 458 g/mol. The van der Waals surface area contributed by atoms with Crippen molar-refractivity contribution in [1.82, 2.24) is 0 Å². The first-order valence-corrected chi connectivity index (χ1v) is 11.7. The summed E-state index contributed by atoms with van der Waals surface area (Å²) in [6, 6.07) is 25.7. The van der Waals surface area contributed by atoms with Crippen LogP contribution in [0.2, 0.25) is 0 Å². The molecule has 2 atom stereocenters. The van der Waals surface area contributed by atoms with Crippen molar-refractivity contribution in [3.63, 3.8) is 0 Å². The first kappa shape index (κ1) is 24.6. The summed E-state index contributed by atoms with van der Waals surface area (Å²) < 4.78 is 0. The number of hydrogen-bond acceptors (Lipinski definition) is 4. The molecule has 0 spiro atoms. The summed E-state index contributed by atoms with van der Waals surface area (Å²) >= 11 is 0. The number of anilines is 3. The van der Waals surface area contributed by atoms with Crippen LogP contribution in [0.15, 0.2) is 90.1 Å². The molecule has 3 aromatic rings. The molecule has 1 aliphatic heterocycles. The lowest BCUT2D eigenvalue weighted by atomic mass is 9.78. The molecule has 2 unspecified atom stereocenters. The Morgan fingerprint density at radius 1 is 0.886 bits per heavy atom. The molecule has 0 saturated carbocycles. The van der Waals surface area contributed by atoms with E-state index in [-0.39, 0.29) is 30.0 Å². The van der Waals surface area contributed by atoms with Crippen molar-refractivity contribution in [2.45, 2.75) is 31.7 Å². The van der Waals surface area contributed by atoms with Crippen molar-refractivity contribution in [3.05, 3.63) is 101 Å². The van der Waals surface area contributed by atoms with Crippen molar-refractivity contribution in [1.29, 1.82) is 0 Å². The zero-order valence-electron chi connectivity index (χ0n) is 20.2. The molecule has 0 bridgehead atoms. The number of benzene rings is 3. The van der Waals surface area contributed by atoms with Crippen LogP contribution in [0.1, 0.15) is 42.9 Å². The molecule has 5 rings (SSSR count). The first-order valence-electron chi connectivity index (χ1n) is 11.7. The highest BCUT2D eigenvalue weighted by Gasteiger charge is 2.40. The van der Waals surface area contributed by atoms with Gasteiger partial charge >= 0.3 is 0 Å². The van der Waals surface area contributed by atoms with Crippen LogP contribution < -0.4 is 15.1 Å². The molecular formula is C29H30ClN3O2. The number of ketones is 1. The van der Waals surface area contributed by atoms with Gasteiger partial charge in [-0.3, -0.25) is 14.5 Å². The third kappa shape index (κ3) is 4.56. The van der Waals surface area contributed by atoms with Crippen molar-refractivity contribution >= 4 is 41.2 Å². The van der Waals surface area contributed by atoms with E-state index in [1.165, 1.54) is 0 Å². The summed E-state index contributed by atoms with van der Waals surface area (Å²) in [5.74, 6) is 0.0804. The van der Waals surface area contributed by atoms with Gasteiger partial charge in [0.25, 0.3) is 0 Å². The third-order valence-electron chi connectivity index (χ3n) is 6.82. The average Bonchev–Trinajstić information content (AvgIpc) is 2.99. The van der Waals surface area contributed by atoms with Gasteiger partial charge in [-0.1, -0.05) is 54.6 Å². The van der Waals surface area contributed by atoms with E-state index in [0.29, 0.717) is 18.4 Å². The molecule has 0 saturated heterocycles. The van der Waals surface area contributed by atoms with Crippen LogP contribution >= 0.6 is 12.4 Å². The molecule has 6 heteroatoms. The van der Waals surface area contributed by atoms with Crippen LogP contribution in [-0.4, -0.2) is 25.8 Å². The molecule has 0 fully saturated rings. The maximum Gasteiger partial charge on any atom is 0.224 e. The van der Waals surface area contributed by atoms with Crippen molar-refractivity contribution in [2.75, 3.05) is 29.2 Å². The Morgan fingerprint density at radius 3 is 2.20 bits per heavy atom. The van der Waals surface area contributed by atoms with Crippen molar-refractivity contribution in [3.8, 4) is 0 Å². The first-order chi connectivity index (χ1) is 16.4. The molecule has 5 nitrogen and oxygen atoms in total. The van der Waals surface area contributed by atoms with Crippen LogP contribution in [-0.2, 0) is 9.59 Å². The number of nitrogens with one attached hydrogen (secondary N) is 1. The molecule has 1 heterocycles. The third-order valence-corrected chi connectivity index (χ3v) is 6.82. The van der Waals surface area contributed by atoms with Gasteiger partial charge in [-0.25, -0.2) is 0 Å². The second-order valence-corrected chi connectivity index (χ2v) is 9.25. The number of Topliss-reactive ketones (excluding diaryl/α,β-unsaturated/α-hetero) is 1. The molecule has 35 heavy (non-hydrogen) atoms. The highest BCUT2D eigenvalue weighted by molar-refractivity contribution is 6.06. The number of carbonyl (C=O) groups excluding carboxylic acids is 2. The molecule has 1 N–H and O–H groups in total. The molecule has 1 aliphatic carbocycles. The van der Waals surface area contributed by atoms with Gasteiger partial charge in [0.1, 0.15) is 0 Å². The Morgan fingerprint density at radius 2 is 1.54 bits per heavy atom. The van der Waals surface area contributed by atoms with E-state index < -0.39 is 6.04 Å². The normalized spacial score (nSPS) is 19.1. The zero-order valence-corrected chi connectivity index (χ0v) is 21.0. The largest absolute Gasteiger partial charge is 0.378 e. The number of halogens is 1. The number of carbonyl (C=O) groups is 2. The summed E-state index contributed by atoms with van der Waals surface area (Å²) in [4.78, 5) is 30.6. The molecule has 1 amide bonds. The summed E-state index contributed by atoms with van der Waals surface area (Å²) in [7, 11) is 4.04. The number of rotatable bonds is 3. The number of allylic oxidation sites excluding steroid dienone is 1. The van der Waals surface area contributed by atoms with E-state index in [0.717, 1.165) is 33.9 Å². The van der Waals surface area contributed by atoms with Crippen molar-refractivity contribution < 1.29 is 9.59 Å². The maximum atomic E-state index is 13.8. The zero-order chi connectivity index (χ0) is 23.8. The Balaban J connectivity index is 0.00000289. The lowest BCUT2D eigenvalue weighted by Gasteiger charge is -2.34. The van der Waals surface area contributed by atoms with Gasteiger partial charge < -0.3 is 10.2 Å². The van der Waals surface area contributed by atoms with E-state index in [4.69, 9.17) is 0 Å². The quantitative estimate of drug-likeness (QED) is 0.485. The lowest BCUT2D eigenvalue weighted by Crippen LogP contribution is -2.37. The van der Waals surface area contributed by atoms with Gasteiger partial charge in [-0.2, -0.15) is 0 Å². The minimum Gasteiger partial charge on any atom is -0.378 e. The van der Waals surface area contributed by atoms with E-state index in [1.54, 1.807) is 11.8 Å². The van der Waals surface area contributed by atoms with Crippen LogP contribution in [0.3, 0.4) is 0 Å². The Labute approximate surface area is 212 Å². The van der Waals surface area contributed by atoms with Gasteiger partial charge in [0, 0.05) is 44.4 Å². The molecule has 180 valence electrons. The second kappa shape index (κ2) is 9.96. The number of amides is 1. The van der Waals surface area contributed by atoms with Crippen LogP contribution in [0.4, 0.5) is 17.1 Å². The number of para-hydroxylation sites is 2. The Kier molecular flexibility index (Phi) is 6.99. The van der Waals surface area contributed by atoms with Crippen LogP contribution in [0.25, 0.3) is 0 Å². The van der Waals surface area contributed by atoms with Gasteiger partial charge in [-0.05, 0) is 47.7 Å². The predicted molar refractivity (Wildman–Crippen MR) is 144 cm³/mol. The van der Waals surface area contributed by atoms with Gasteiger partial charge in [0.15, 0.2) is 5.78 Å². The summed E-state index contributed by atoms with van der Waals surface area (Å²) in [5, 5.41) is 3.56. The highest BCUT2D eigenvalue weighted by atomic mass is 35.5. The minimum atomic E-state index is -0.464. The van der Waals surface area contributed by atoms with Crippen molar-refractivity contribution in [2.24, 2.45) is 0 Å². The fraction of sp³-hybridized carbons (Fsp3) is 0.241. The number of nitrogens with zero attached hydrogens (tertiary/aromatic N) is 2. The minimum absolute atomic E-state index is 0. The molecule has 0 aromatic heterocycles. The Bertz CT molecular complexity index is 1270. The fourth-order valence-corrected chi connectivity index (χ4v) is 5.17. The second-order valence-electron chi connectivity index (χ2n) is 9.25. The van der Waals surface area contributed by atoms with Crippen LogP contribution in [0.5, 0.6) is 0 Å². The SMILES string of the molecule is CC(=O)N1c2ccccc2NC2=C(C(=O)CC(c3ccc(N(C)C)cc3)C2)C1c1ccccc1.Cl. The molecule has 3 aromatic carbocycles. The van der Waals surface area contributed by atoms with E-state index in [1.807, 2.05) is 68.7 Å². The number of hydrogen-bond donors (Lipinski definition) is 1. The topological polar surface area (TPSA) is 52.7 Å².